The number of esters is 2. The minimum atomic E-state index is -3.67. The normalized spacial score (nSPS) is 12.4. The van der Waals surface area contributed by atoms with Crippen molar-refractivity contribution in [3.8, 4) is 0 Å². The molecule has 0 spiro atoms. The average molecular weight is 541 g/mol. The van der Waals surface area contributed by atoms with Gasteiger partial charge in [-0.2, -0.15) is 0 Å². The van der Waals surface area contributed by atoms with E-state index in [0.717, 1.165) is 16.7 Å². The second-order valence-corrected chi connectivity index (χ2v) is 10.7. The van der Waals surface area contributed by atoms with Crippen LogP contribution < -0.4 is 10.5 Å². The van der Waals surface area contributed by atoms with E-state index in [1.165, 1.54) is 19.8 Å². The van der Waals surface area contributed by atoms with Crippen LogP contribution in [0.1, 0.15) is 27.8 Å². The number of benzene rings is 3. The third-order valence-electron chi connectivity index (χ3n) is 5.65. The highest BCUT2D eigenvalue weighted by Crippen LogP contribution is 2.10. The van der Waals surface area contributed by atoms with Crippen LogP contribution in [0.5, 0.6) is 0 Å². The van der Waals surface area contributed by atoms with E-state index in [9.17, 15) is 18.0 Å². The Bertz CT molecular complexity index is 1260. The summed E-state index contributed by atoms with van der Waals surface area (Å²) in [6, 6.07) is 22.8. The zero-order valence-corrected chi connectivity index (χ0v) is 23.0. The van der Waals surface area contributed by atoms with Crippen molar-refractivity contribution in [2.24, 2.45) is 5.73 Å². The molecule has 3 aromatic rings. The first kappa shape index (κ1) is 30.7. The Hall–Kier alpha value is -3.53. The SMILES string of the molecule is COC(=O)C(Cc1ccc(C)cc1)NS(=O)(=O)Cc1ccccc1.COC(=O)C(N)Cc1ccc(C)cc1. The van der Waals surface area contributed by atoms with Crippen molar-refractivity contribution in [1.29, 1.82) is 0 Å². The Morgan fingerprint density at radius 1 is 0.737 bits per heavy atom. The standard InChI is InChI=1S/C18H21NO4S.C11H15NO2/c1-14-8-10-15(11-9-14)12-17(18(20)23-2)19-24(21,22)13-16-6-4-3-5-7-16;1-8-3-5-9(6-4-8)7-10(12)11(13)14-2/h3-11,17,19H,12-13H2,1-2H3;3-6,10H,7,12H2,1-2H3. The van der Waals surface area contributed by atoms with E-state index in [2.05, 4.69) is 9.46 Å². The van der Waals surface area contributed by atoms with Gasteiger partial charge in [0.2, 0.25) is 10.0 Å². The molecule has 3 N–H and O–H groups in total. The van der Waals surface area contributed by atoms with Crippen molar-refractivity contribution >= 4 is 22.0 Å². The fraction of sp³-hybridized carbons (Fsp3) is 0.310. The van der Waals surface area contributed by atoms with Gasteiger partial charge in [0.1, 0.15) is 12.1 Å². The van der Waals surface area contributed by atoms with E-state index in [1.807, 2.05) is 68.4 Å². The third kappa shape index (κ3) is 10.8. The van der Waals surface area contributed by atoms with Crippen LogP contribution in [-0.4, -0.2) is 46.7 Å². The largest absolute Gasteiger partial charge is 0.468 e. The number of rotatable bonds is 10. The predicted molar refractivity (Wildman–Crippen MR) is 148 cm³/mol. The molecule has 3 rings (SSSR count). The number of ether oxygens (including phenoxy) is 2. The van der Waals surface area contributed by atoms with Crippen LogP contribution in [0, 0.1) is 13.8 Å². The first-order valence-corrected chi connectivity index (χ1v) is 13.7. The number of sulfonamides is 1. The molecule has 3 aromatic carbocycles. The lowest BCUT2D eigenvalue weighted by atomic mass is 10.1. The monoisotopic (exact) mass is 540 g/mol. The average Bonchev–Trinajstić information content (AvgIpc) is 2.90. The van der Waals surface area contributed by atoms with Crippen LogP contribution in [0.2, 0.25) is 0 Å². The summed E-state index contributed by atoms with van der Waals surface area (Å²) in [5.74, 6) is -1.16. The molecule has 8 nitrogen and oxygen atoms in total. The molecule has 2 unspecified atom stereocenters. The minimum absolute atomic E-state index is 0.185. The van der Waals surface area contributed by atoms with Crippen LogP contribution in [0.15, 0.2) is 78.9 Å². The molecule has 2 atom stereocenters. The molecule has 0 aliphatic carbocycles. The van der Waals surface area contributed by atoms with Gasteiger partial charge in [-0.1, -0.05) is 90.0 Å². The molecule has 0 heterocycles. The summed E-state index contributed by atoms with van der Waals surface area (Å²) >= 11 is 0. The number of hydrogen-bond donors (Lipinski definition) is 2. The van der Waals surface area contributed by atoms with Gasteiger partial charge in [-0.15, -0.1) is 0 Å². The van der Waals surface area contributed by atoms with Crippen LogP contribution in [-0.2, 0) is 47.7 Å². The predicted octanol–water partition coefficient (Wildman–Crippen LogP) is 3.24. The van der Waals surface area contributed by atoms with Gasteiger partial charge in [-0.05, 0) is 43.4 Å². The zero-order valence-electron chi connectivity index (χ0n) is 22.2. The number of aryl methyl sites for hydroxylation is 2. The molecule has 0 fully saturated rings. The summed E-state index contributed by atoms with van der Waals surface area (Å²) in [4.78, 5) is 23.0. The van der Waals surface area contributed by atoms with Gasteiger partial charge in [0, 0.05) is 0 Å². The lowest BCUT2D eigenvalue weighted by Gasteiger charge is -2.17. The molecule has 0 saturated heterocycles. The van der Waals surface area contributed by atoms with Crippen molar-refractivity contribution in [1.82, 2.24) is 4.72 Å². The van der Waals surface area contributed by atoms with Gasteiger partial charge in [-0.3, -0.25) is 9.59 Å². The first-order valence-electron chi connectivity index (χ1n) is 12.1. The van der Waals surface area contributed by atoms with E-state index in [1.54, 1.807) is 24.3 Å². The van der Waals surface area contributed by atoms with Crippen LogP contribution in [0.4, 0.5) is 0 Å². The van der Waals surface area contributed by atoms with Gasteiger partial charge in [0.25, 0.3) is 0 Å². The van der Waals surface area contributed by atoms with Crippen LogP contribution in [0.3, 0.4) is 0 Å². The van der Waals surface area contributed by atoms with Gasteiger partial charge >= 0.3 is 11.9 Å². The second kappa shape index (κ2) is 15.0. The van der Waals surface area contributed by atoms with E-state index >= 15 is 0 Å². The van der Waals surface area contributed by atoms with Crippen LogP contribution in [0.25, 0.3) is 0 Å². The Morgan fingerprint density at radius 3 is 1.68 bits per heavy atom. The zero-order chi connectivity index (χ0) is 28.1. The Labute approximate surface area is 225 Å². The number of nitrogens with one attached hydrogen (secondary N) is 1. The van der Waals surface area contributed by atoms with E-state index in [4.69, 9.17) is 10.5 Å². The molecular weight excluding hydrogens is 504 g/mol. The molecule has 0 radical (unpaired) electrons. The van der Waals surface area contributed by atoms with Crippen molar-refractivity contribution < 1.29 is 27.5 Å². The Morgan fingerprint density at radius 2 is 1.21 bits per heavy atom. The van der Waals surface area contributed by atoms with Crippen molar-refractivity contribution in [2.75, 3.05) is 14.2 Å². The van der Waals surface area contributed by atoms with E-state index in [-0.39, 0.29) is 18.1 Å². The quantitative estimate of drug-likeness (QED) is 0.378. The van der Waals surface area contributed by atoms with E-state index < -0.39 is 28.1 Å². The molecule has 9 heteroatoms. The van der Waals surface area contributed by atoms with Gasteiger partial charge in [-0.25, -0.2) is 13.1 Å². The number of carbonyl (C=O) groups excluding carboxylic acids is 2. The molecule has 0 aliphatic heterocycles. The van der Waals surface area contributed by atoms with Crippen molar-refractivity contribution in [3.05, 3.63) is 107 Å². The number of methoxy groups -OCH3 is 2. The van der Waals surface area contributed by atoms with Crippen molar-refractivity contribution in [2.45, 2.75) is 44.5 Å². The summed E-state index contributed by atoms with van der Waals surface area (Å²) in [6.07, 6.45) is 0.758. The van der Waals surface area contributed by atoms with Crippen molar-refractivity contribution in [3.63, 3.8) is 0 Å². The maximum Gasteiger partial charge on any atom is 0.324 e. The van der Waals surface area contributed by atoms with Gasteiger partial charge in [0.05, 0.1) is 20.0 Å². The summed E-state index contributed by atoms with van der Waals surface area (Å²) in [5.41, 5.74) is 10.5. The molecule has 0 bridgehead atoms. The topological polar surface area (TPSA) is 125 Å². The summed E-state index contributed by atoms with van der Waals surface area (Å²) in [6.45, 7) is 3.98. The van der Waals surface area contributed by atoms with Crippen LogP contribution >= 0.6 is 0 Å². The highest BCUT2D eigenvalue weighted by Gasteiger charge is 2.25. The molecule has 0 aromatic heterocycles. The fourth-order valence-electron chi connectivity index (χ4n) is 3.54. The van der Waals surface area contributed by atoms with Gasteiger partial charge < -0.3 is 15.2 Å². The fourth-order valence-corrected chi connectivity index (χ4v) is 4.87. The lowest BCUT2D eigenvalue weighted by Crippen LogP contribution is -2.43. The first-order chi connectivity index (χ1) is 18.0. The summed E-state index contributed by atoms with van der Waals surface area (Å²) in [7, 11) is -1.08. The summed E-state index contributed by atoms with van der Waals surface area (Å²) in [5, 5.41) is 0. The number of hydrogen-bond acceptors (Lipinski definition) is 7. The Balaban J connectivity index is 0.000000308. The number of nitrogens with two attached hydrogens (primary N) is 1. The molecule has 204 valence electrons. The number of carbonyl (C=O) groups is 2. The highest BCUT2D eigenvalue weighted by atomic mass is 32.2. The minimum Gasteiger partial charge on any atom is -0.468 e. The smallest absolute Gasteiger partial charge is 0.324 e. The second-order valence-electron chi connectivity index (χ2n) is 8.95. The molecular formula is C29H36N2O6S. The highest BCUT2D eigenvalue weighted by molar-refractivity contribution is 7.88. The van der Waals surface area contributed by atoms with E-state index in [0.29, 0.717) is 12.0 Å². The maximum atomic E-state index is 12.4. The molecule has 0 saturated carbocycles. The third-order valence-corrected chi connectivity index (χ3v) is 7.00. The Kier molecular flexibility index (Phi) is 12.1. The molecule has 0 amide bonds. The molecule has 38 heavy (non-hydrogen) atoms. The summed E-state index contributed by atoms with van der Waals surface area (Å²) < 4.78 is 36.4. The lowest BCUT2D eigenvalue weighted by molar-refractivity contribution is -0.143. The maximum absolute atomic E-state index is 12.4. The molecule has 0 aliphatic rings. The van der Waals surface area contributed by atoms with Gasteiger partial charge in [0.15, 0.2) is 0 Å².